The van der Waals surface area contributed by atoms with Gasteiger partial charge in [0.2, 0.25) is 0 Å². The van der Waals surface area contributed by atoms with E-state index in [1.54, 1.807) is 11.3 Å². The van der Waals surface area contributed by atoms with Crippen LogP contribution in [0.4, 0.5) is 0 Å². The maximum atomic E-state index is 11.2. The van der Waals surface area contributed by atoms with Crippen LogP contribution in [0.3, 0.4) is 0 Å². The van der Waals surface area contributed by atoms with Crippen LogP contribution in [0.15, 0.2) is 6.07 Å². The van der Waals surface area contributed by atoms with E-state index in [0.717, 1.165) is 17.7 Å². The Morgan fingerprint density at radius 1 is 1.58 bits per heavy atom. The fourth-order valence-electron chi connectivity index (χ4n) is 1.57. The normalized spacial score (nSPS) is 14.8. The average Bonchev–Trinajstić information content (AvgIpc) is 2.60. The molecule has 0 amide bonds. The largest absolute Gasteiger partial charge is 0.324 e. The van der Waals surface area contributed by atoms with Gasteiger partial charge in [-0.15, -0.1) is 11.3 Å². The van der Waals surface area contributed by atoms with E-state index >= 15 is 0 Å². The van der Waals surface area contributed by atoms with E-state index in [0.29, 0.717) is 0 Å². The predicted octanol–water partition coefficient (Wildman–Crippen LogP) is 1.38. The van der Waals surface area contributed by atoms with Crippen molar-refractivity contribution in [2.45, 2.75) is 19.3 Å². The summed E-state index contributed by atoms with van der Waals surface area (Å²) in [4.78, 5) is 13.4. The summed E-state index contributed by atoms with van der Waals surface area (Å²) in [6, 6.07) is 2.02. The zero-order chi connectivity index (χ0) is 8.55. The van der Waals surface area contributed by atoms with E-state index in [1.165, 1.54) is 16.9 Å². The lowest BCUT2D eigenvalue weighted by atomic mass is 10.2. The van der Waals surface area contributed by atoms with Crippen molar-refractivity contribution in [2.24, 2.45) is 5.73 Å². The molecule has 1 aliphatic rings. The van der Waals surface area contributed by atoms with Crippen molar-refractivity contribution in [3.63, 3.8) is 0 Å². The molecule has 0 aliphatic heterocycles. The average molecular weight is 181 g/mol. The molecule has 2 rings (SSSR count). The Kier molecular flexibility index (Phi) is 1.98. The molecule has 0 saturated heterocycles. The molecule has 0 bridgehead atoms. The number of thiophene rings is 1. The van der Waals surface area contributed by atoms with Gasteiger partial charge in [0.25, 0.3) is 0 Å². The van der Waals surface area contributed by atoms with Crippen molar-refractivity contribution >= 4 is 17.1 Å². The maximum absolute atomic E-state index is 11.2. The standard InChI is InChI=1S/C9H11NOS/c10-5-7(11)9-4-6-2-1-3-8(6)12-9/h4H,1-3,5,10H2. The highest BCUT2D eigenvalue weighted by atomic mass is 32.1. The van der Waals surface area contributed by atoms with Crippen LogP contribution < -0.4 is 5.73 Å². The number of hydrogen-bond donors (Lipinski definition) is 1. The number of ketones is 1. The first-order chi connectivity index (χ1) is 5.81. The first-order valence-electron chi connectivity index (χ1n) is 4.16. The third kappa shape index (κ3) is 1.19. The second-order valence-electron chi connectivity index (χ2n) is 3.04. The summed E-state index contributed by atoms with van der Waals surface area (Å²) in [5, 5.41) is 0. The molecule has 64 valence electrons. The Labute approximate surface area is 75.4 Å². The number of Topliss-reactive ketones (excluding diaryl/α,β-unsaturated/α-hetero) is 1. The number of rotatable bonds is 2. The van der Waals surface area contributed by atoms with Gasteiger partial charge in [-0.3, -0.25) is 4.79 Å². The van der Waals surface area contributed by atoms with Crippen LogP contribution in [0, 0.1) is 0 Å². The smallest absolute Gasteiger partial charge is 0.186 e. The molecule has 0 atom stereocenters. The van der Waals surface area contributed by atoms with Gasteiger partial charge in [0.05, 0.1) is 11.4 Å². The van der Waals surface area contributed by atoms with Crippen LogP contribution in [-0.2, 0) is 12.8 Å². The lowest BCUT2D eigenvalue weighted by Crippen LogP contribution is -2.11. The minimum Gasteiger partial charge on any atom is -0.324 e. The highest BCUT2D eigenvalue weighted by Crippen LogP contribution is 2.30. The first-order valence-corrected chi connectivity index (χ1v) is 4.98. The van der Waals surface area contributed by atoms with Gasteiger partial charge < -0.3 is 5.73 Å². The summed E-state index contributed by atoms with van der Waals surface area (Å²) < 4.78 is 0. The minimum atomic E-state index is 0.0781. The van der Waals surface area contributed by atoms with Gasteiger partial charge in [-0.05, 0) is 30.9 Å². The minimum absolute atomic E-state index is 0.0781. The van der Waals surface area contributed by atoms with Crippen LogP contribution in [-0.4, -0.2) is 12.3 Å². The van der Waals surface area contributed by atoms with Gasteiger partial charge in [0.1, 0.15) is 0 Å². The zero-order valence-corrected chi connectivity index (χ0v) is 7.62. The molecule has 0 radical (unpaired) electrons. The SMILES string of the molecule is NCC(=O)c1cc2c(s1)CCC2. The molecule has 0 fully saturated rings. The summed E-state index contributed by atoms with van der Waals surface area (Å²) in [6.45, 7) is 0.138. The van der Waals surface area contributed by atoms with Gasteiger partial charge >= 0.3 is 0 Å². The molecular weight excluding hydrogens is 170 g/mol. The number of aryl methyl sites for hydroxylation is 2. The molecule has 0 aromatic carbocycles. The molecule has 0 spiro atoms. The maximum Gasteiger partial charge on any atom is 0.186 e. The van der Waals surface area contributed by atoms with E-state index in [1.807, 2.05) is 6.07 Å². The van der Waals surface area contributed by atoms with Crippen molar-refractivity contribution in [1.29, 1.82) is 0 Å². The molecule has 2 N–H and O–H groups in total. The number of hydrogen-bond acceptors (Lipinski definition) is 3. The number of fused-ring (bicyclic) bond motifs is 1. The summed E-state index contributed by atoms with van der Waals surface area (Å²) in [7, 11) is 0. The highest BCUT2D eigenvalue weighted by molar-refractivity contribution is 7.14. The summed E-state index contributed by atoms with van der Waals surface area (Å²) in [5.41, 5.74) is 6.65. The van der Waals surface area contributed by atoms with Crippen molar-refractivity contribution in [3.05, 3.63) is 21.4 Å². The van der Waals surface area contributed by atoms with Crippen LogP contribution in [0.2, 0.25) is 0 Å². The lowest BCUT2D eigenvalue weighted by Gasteiger charge is -1.90. The predicted molar refractivity (Wildman–Crippen MR) is 49.7 cm³/mol. The Hall–Kier alpha value is -0.670. The summed E-state index contributed by atoms with van der Waals surface area (Å²) in [6.07, 6.45) is 3.54. The second kappa shape index (κ2) is 2.99. The van der Waals surface area contributed by atoms with E-state index < -0.39 is 0 Å². The number of carbonyl (C=O) groups excluding carboxylic acids is 1. The summed E-state index contributed by atoms with van der Waals surface area (Å²) >= 11 is 1.63. The van der Waals surface area contributed by atoms with Crippen molar-refractivity contribution in [1.82, 2.24) is 0 Å². The van der Waals surface area contributed by atoms with E-state index in [9.17, 15) is 4.79 Å². The van der Waals surface area contributed by atoms with Gasteiger partial charge in [0, 0.05) is 4.88 Å². The van der Waals surface area contributed by atoms with Gasteiger partial charge in [-0.2, -0.15) is 0 Å². The number of carbonyl (C=O) groups is 1. The number of nitrogens with two attached hydrogens (primary N) is 1. The van der Waals surface area contributed by atoms with Crippen LogP contribution in [0.5, 0.6) is 0 Å². The van der Waals surface area contributed by atoms with E-state index in [4.69, 9.17) is 5.73 Å². The Morgan fingerprint density at radius 3 is 3.08 bits per heavy atom. The van der Waals surface area contributed by atoms with Crippen molar-refractivity contribution in [2.75, 3.05) is 6.54 Å². The van der Waals surface area contributed by atoms with Gasteiger partial charge in [-0.1, -0.05) is 0 Å². The van der Waals surface area contributed by atoms with Crippen molar-refractivity contribution in [3.8, 4) is 0 Å². The quantitative estimate of drug-likeness (QED) is 0.700. The molecule has 1 aromatic rings. The fourth-order valence-corrected chi connectivity index (χ4v) is 2.77. The Balaban J connectivity index is 2.31. The highest BCUT2D eigenvalue weighted by Gasteiger charge is 2.17. The Bertz CT molecular complexity index is 295. The molecule has 12 heavy (non-hydrogen) atoms. The monoisotopic (exact) mass is 181 g/mol. The van der Waals surface area contributed by atoms with E-state index in [2.05, 4.69) is 0 Å². The van der Waals surface area contributed by atoms with Gasteiger partial charge in [-0.25, -0.2) is 0 Å². The zero-order valence-electron chi connectivity index (χ0n) is 6.80. The third-order valence-corrected chi connectivity index (χ3v) is 3.48. The molecule has 0 saturated carbocycles. The lowest BCUT2D eigenvalue weighted by molar-refractivity contribution is 0.100. The topological polar surface area (TPSA) is 43.1 Å². The van der Waals surface area contributed by atoms with Crippen LogP contribution in [0.1, 0.15) is 26.5 Å². The molecule has 1 aliphatic carbocycles. The molecule has 3 heteroatoms. The van der Waals surface area contributed by atoms with Crippen LogP contribution in [0.25, 0.3) is 0 Å². The molecule has 2 nitrogen and oxygen atoms in total. The second-order valence-corrected chi connectivity index (χ2v) is 4.18. The van der Waals surface area contributed by atoms with Crippen LogP contribution >= 0.6 is 11.3 Å². The van der Waals surface area contributed by atoms with Crippen molar-refractivity contribution < 1.29 is 4.79 Å². The first kappa shape index (κ1) is 7.95. The molecule has 0 unspecified atom stereocenters. The van der Waals surface area contributed by atoms with Gasteiger partial charge in [0.15, 0.2) is 5.78 Å². The summed E-state index contributed by atoms with van der Waals surface area (Å²) in [5.74, 6) is 0.0781. The molecular formula is C9H11NOS. The Morgan fingerprint density at radius 2 is 2.42 bits per heavy atom. The molecule has 1 heterocycles. The van der Waals surface area contributed by atoms with E-state index in [-0.39, 0.29) is 12.3 Å². The molecule has 1 aromatic heterocycles. The third-order valence-electron chi connectivity index (χ3n) is 2.21. The fraction of sp³-hybridized carbons (Fsp3) is 0.444.